The lowest BCUT2D eigenvalue weighted by Crippen LogP contribution is -2.35. The number of benzene rings is 2. The topological polar surface area (TPSA) is 41.1 Å². The Morgan fingerprint density at radius 3 is 2.41 bits per heavy atom. The van der Waals surface area contributed by atoms with E-state index in [0.29, 0.717) is 12.1 Å². The summed E-state index contributed by atoms with van der Waals surface area (Å²) in [5.74, 6) is -0.300. The summed E-state index contributed by atoms with van der Waals surface area (Å²) >= 11 is 0. The van der Waals surface area contributed by atoms with Gasteiger partial charge < -0.3 is 10.6 Å². The third kappa shape index (κ3) is 5.56. The van der Waals surface area contributed by atoms with E-state index in [1.54, 1.807) is 18.2 Å². The molecule has 0 unspecified atom stereocenters. The molecule has 0 bridgehead atoms. The Balaban J connectivity index is 1.57. The molecular formula is C18H21FN2O. The van der Waals surface area contributed by atoms with Crippen LogP contribution in [-0.2, 0) is 13.0 Å². The Morgan fingerprint density at radius 1 is 0.909 bits per heavy atom. The van der Waals surface area contributed by atoms with Crippen molar-refractivity contribution in [1.82, 2.24) is 10.6 Å². The molecule has 116 valence electrons. The van der Waals surface area contributed by atoms with E-state index in [-0.39, 0.29) is 18.4 Å². The van der Waals surface area contributed by atoms with E-state index in [2.05, 4.69) is 22.8 Å². The van der Waals surface area contributed by atoms with Crippen molar-refractivity contribution in [2.24, 2.45) is 0 Å². The van der Waals surface area contributed by atoms with Crippen molar-refractivity contribution in [2.75, 3.05) is 6.54 Å². The maximum absolute atomic E-state index is 13.4. The van der Waals surface area contributed by atoms with Gasteiger partial charge in [-0.25, -0.2) is 9.18 Å². The molecule has 0 aliphatic rings. The molecule has 3 nitrogen and oxygen atoms in total. The van der Waals surface area contributed by atoms with E-state index in [9.17, 15) is 9.18 Å². The maximum Gasteiger partial charge on any atom is 0.315 e. The van der Waals surface area contributed by atoms with Crippen LogP contribution < -0.4 is 10.6 Å². The standard InChI is InChI=1S/C18H21FN2O/c19-17-12-5-4-11-16(17)14-21-18(22)20-13-7-6-10-15-8-2-1-3-9-15/h1-5,8-9,11-12H,6-7,10,13-14H2,(H2,20,21,22). The molecule has 0 saturated heterocycles. The highest BCUT2D eigenvalue weighted by atomic mass is 19.1. The number of urea groups is 1. The minimum absolute atomic E-state index is 0.197. The summed E-state index contributed by atoms with van der Waals surface area (Å²) in [6, 6.07) is 16.4. The molecule has 0 saturated carbocycles. The van der Waals surface area contributed by atoms with Crippen LogP contribution in [0.3, 0.4) is 0 Å². The van der Waals surface area contributed by atoms with Gasteiger partial charge in [0.1, 0.15) is 5.82 Å². The molecule has 2 aromatic rings. The average Bonchev–Trinajstić information content (AvgIpc) is 2.55. The van der Waals surface area contributed by atoms with E-state index in [1.165, 1.54) is 11.6 Å². The summed E-state index contributed by atoms with van der Waals surface area (Å²) in [4.78, 5) is 11.6. The quantitative estimate of drug-likeness (QED) is 0.753. The summed E-state index contributed by atoms with van der Waals surface area (Å²) < 4.78 is 13.4. The SMILES string of the molecule is O=C(NCCCCc1ccccc1)NCc1ccccc1F. The van der Waals surface area contributed by atoms with Crippen molar-refractivity contribution in [2.45, 2.75) is 25.8 Å². The zero-order valence-corrected chi connectivity index (χ0v) is 12.5. The molecule has 2 amide bonds. The van der Waals surface area contributed by atoms with Crippen LogP contribution in [0.5, 0.6) is 0 Å². The molecule has 22 heavy (non-hydrogen) atoms. The Morgan fingerprint density at radius 2 is 1.64 bits per heavy atom. The number of amides is 2. The Bertz CT molecular complexity index is 587. The average molecular weight is 300 g/mol. The highest BCUT2D eigenvalue weighted by Gasteiger charge is 2.03. The molecule has 0 aliphatic heterocycles. The van der Waals surface area contributed by atoms with Crippen LogP contribution in [-0.4, -0.2) is 12.6 Å². The monoisotopic (exact) mass is 300 g/mol. The van der Waals surface area contributed by atoms with Crippen molar-refractivity contribution < 1.29 is 9.18 Å². The Hall–Kier alpha value is -2.36. The number of nitrogens with one attached hydrogen (secondary N) is 2. The molecule has 0 aromatic heterocycles. The highest BCUT2D eigenvalue weighted by Crippen LogP contribution is 2.05. The van der Waals surface area contributed by atoms with Gasteiger partial charge in [-0.3, -0.25) is 0 Å². The summed E-state index contributed by atoms with van der Waals surface area (Å²) in [7, 11) is 0. The van der Waals surface area contributed by atoms with Gasteiger partial charge in [-0.2, -0.15) is 0 Å². The van der Waals surface area contributed by atoms with Gasteiger partial charge in [0.25, 0.3) is 0 Å². The number of rotatable bonds is 7. The largest absolute Gasteiger partial charge is 0.338 e. The fourth-order valence-electron chi connectivity index (χ4n) is 2.18. The van der Waals surface area contributed by atoms with Gasteiger partial charge in [-0.1, -0.05) is 48.5 Å². The predicted octanol–water partition coefficient (Wildman–Crippen LogP) is 3.65. The van der Waals surface area contributed by atoms with Gasteiger partial charge in [-0.05, 0) is 30.9 Å². The number of hydrogen-bond donors (Lipinski definition) is 2. The summed E-state index contributed by atoms with van der Waals surface area (Å²) in [6.45, 7) is 0.818. The molecule has 0 spiro atoms. The van der Waals surface area contributed by atoms with E-state index in [0.717, 1.165) is 19.3 Å². The van der Waals surface area contributed by atoms with Gasteiger partial charge in [0.15, 0.2) is 0 Å². The molecule has 2 rings (SSSR count). The van der Waals surface area contributed by atoms with Gasteiger partial charge in [0, 0.05) is 18.7 Å². The van der Waals surface area contributed by atoms with Crippen molar-refractivity contribution in [1.29, 1.82) is 0 Å². The molecule has 0 radical (unpaired) electrons. The van der Waals surface area contributed by atoms with Gasteiger partial charge in [-0.15, -0.1) is 0 Å². The molecule has 0 heterocycles. The lowest BCUT2D eigenvalue weighted by Gasteiger charge is -2.08. The first kappa shape index (κ1) is 16.0. The number of unbranched alkanes of at least 4 members (excludes halogenated alkanes) is 1. The second-order valence-electron chi connectivity index (χ2n) is 5.14. The van der Waals surface area contributed by atoms with Gasteiger partial charge >= 0.3 is 6.03 Å². The maximum atomic E-state index is 13.4. The van der Waals surface area contributed by atoms with Crippen LogP contribution in [0.25, 0.3) is 0 Å². The minimum Gasteiger partial charge on any atom is -0.338 e. The summed E-state index contributed by atoms with van der Waals surface area (Å²) in [5, 5.41) is 5.44. The predicted molar refractivity (Wildman–Crippen MR) is 86.0 cm³/mol. The molecule has 0 aliphatic carbocycles. The highest BCUT2D eigenvalue weighted by molar-refractivity contribution is 5.73. The molecule has 0 atom stereocenters. The molecule has 2 aromatic carbocycles. The zero-order chi connectivity index (χ0) is 15.6. The van der Waals surface area contributed by atoms with E-state index >= 15 is 0 Å². The van der Waals surface area contributed by atoms with Gasteiger partial charge in [0.2, 0.25) is 0 Å². The number of hydrogen-bond acceptors (Lipinski definition) is 1. The first-order valence-electron chi connectivity index (χ1n) is 7.55. The first-order valence-corrected chi connectivity index (χ1v) is 7.55. The Kier molecular flexibility index (Phi) is 6.42. The second kappa shape index (κ2) is 8.82. The molecule has 4 heteroatoms. The van der Waals surface area contributed by atoms with Crippen LogP contribution in [0, 0.1) is 5.82 Å². The van der Waals surface area contributed by atoms with Crippen LogP contribution in [0.4, 0.5) is 9.18 Å². The molecule has 2 N–H and O–H groups in total. The number of aryl methyl sites for hydroxylation is 1. The van der Waals surface area contributed by atoms with Crippen molar-refractivity contribution in [3.63, 3.8) is 0 Å². The number of carbonyl (C=O) groups is 1. The van der Waals surface area contributed by atoms with Crippen LogP contribution in [0.1, 0.15) is 24.0 Å². The van der Waals surface area contributed by atoms with Crippen molar-refractivity contribution in [3.8, 4) is 0 Å². The van der Waals surface area contributed by atoms with E-state index in [4.69, 9.17) is 0 Å². The fourth-order valence-corrected chi connectivity index (χ4v) is 2.18. The minimum atomic E-state index is -0.300. The summed E-state index contributed by atoms with van der Waals surface area (Å²) in [6.07, 6.45) is 2.96. The smallest absolute Gasteiger partial charge is 0.315 e. The first-order chi connectivity index (χ1) is 10.8. The molecular weight excluding hydrogens is 279 g/mol. The lowest BCUT2D eigenvalue weighted by molar-refractivity contribution is 0.240. The molecule has 0 fully saturated rings. The lowest BCUT2D eigenvalue weighted by atomic mass is 10.1. The Labute approximate surface area is 130 Å². The number of halogens is 1. The van der Waals surface area contributed by atoms with Crippen LogP contribution in [0.2, 0.25) is 0 Å². The summed E-state index contributed by atoms with van der Waals surface area (Å²) in [5.41, 5.74) is 1.80. The third-order valence-electron chi connectivity index (χ3n) is 3.42. The third-order valence-corrected chi connectivity index (χ3v) is 3.42. The van der Waals surface area contributed by atoms with Crippen molar-refractivity contribution in [3.05, 3.63) is 71.5 Å². The van der Waals surface area contributed by atoms with Crippen LogP contribution >= 0.6 is 0 Å². The van der Waals surface area contributed by atoms with Crippen LogP contribution in [0.15, 0.2) is 54.6 Å². The second-order valence-corrected chi connectivity index (χ2v) is 5.14. The van der Waals surface area contributed by atoms with Gasteiger partial charge in [0.05, 0.1) is 0 Å². The van der Waals surface area contributed by atoms with Crippen molar-refractivity contribution >= 4 is 6.03 Å². The van der Waals surface area contributed by atoms with E-state index < -0.39 is 0 Å². The van der Waals surface area contributed by atoms with E-state index in [1.807, 2.05) is 18.2 Å². The zero-order valence-electron chi connectivity index (χ0n) is 12.5. The fraction of sp³-hybridized carbons (Fsp3) is 0.278. The number of carbonyl (C=O) groups excluding carboxylic acids is 1. The normalized spacial score (nSPS) is 10.2.